The van der Waals surface area contributed by atoms with E-state index < -0.39 is 10.8 Å². The van der Waals surface area contributed by atoms with Gasteiger partial charge < -0.3 is 5.43 Å². The van der Waals surface area contributed by atoms with E-state index in [-0.39, 0.29) is 0 Å². The Labute approximate surface area is 80.8 Å². The van der Waals surface area contributed by atoms with E-state index in [1.54, 1.807) is 0 Å². The van der Waals surface area contributed by atoms with Crippen molar-refractivity contribution in [2.24, 2.45) is 0 Å². The summed E-state index contributed by atoms with van der Waals surface area (Å²) in [5.41, 5.74) is 8.62. The number of hydrogen-bond acceptors (Lipinski definition) is 4. The Morgan fingerprint density at radius 2 is 2.31 bits per heavy atom. The Hall–Kier alpha value is -0.550. The molecule has 0 fully saturated rings. The van der Waals surface area contributed by atoms with Gasteiger partial charge in [-0.1, -0.05) is 0 Å². The average molecular weight is 201 g/mol. The molecule has 0 aromatic heterocycles. The molecule has 13 heavy (non-hydrogen) atoms. The van der Waals surface area contributed by atoms with Gasteiger partial charge in [-0.05, 0) is 13.8 Å². The van der Waals surface area contributed by atoms with Crippen LogP contribution in [0.3, 0.4) is 0 Å². The van der Waals surface area contributed by atoms with Gasteiger partial charge in [0, 0.05) is 29.0 Å². The standard InChI is InChI=1S/C8H15N3OS/c1-6(2)11-8-5-13(12)4-3-7(8)9-10-11/h6,9-10H,3-5H2,1-2H3. The largest absolute Gasteiger partial charge is 0.306 e. The van der Waals surface area contributed by atoms with Crippen molar-refractivity contribution in [1.82, 2.24) is 16.0 Å². The van der Waals surface area contributed by atoms with Crippen molar-refractivity contribution in [2.45, 2.75) is 26.3 Å². The van der Waals surface area contributed by atoms with Crippen LogP contribution in [0.2, 0.25) is 0 Å². The highest BCUT2D eigenvalue weighted by atomic mass is 32.2. The fraction of sp³-hybridized carbons (Fsp3) is 0.750. The Morgan fingerprint density at radius 1 is 1.54 bits per heavy atom. The first-order chi connectivity index (χ1) is 6.18. The number of allylic oxidation sites excluding steroid dienone is 1. The Morgan fingerprint density at radius 3 is 3.00 bits per heavy atom. The van der Waals surface area contributed by atoms with Crippen LogP contribution >= 0.6 is 0 Å². The van der Waals surface area contributed by atoms with Gasteiger partial charge in [0.05, 0.1) is 17.1 Å². The molecule has 2 aliphatic rings. The van der Waals surface area contributed by atoms with Crippen LogP contribution in [-0.4, -0.2) is 26.8 Å². The zero-order valence-corrected chi connectivity index (χ0v) is 8.78. The number of nitrogens with one attached hydrogen (secondary N) is 2. The quantitative estimate of drug-likeness (QED) is 0.631. The fourth-order valence-corrected chi connectivity index (χ4v) is 2.85. The highest BCUT2D eigenvalue weighted by Gasteiger charge is 2.28. The minimum atomic E-state index is -0.668. The smallest absolute Gasteiger partial charge is 0.0668 e. The summed E-state index contributed by atoms with van der Waals surface area (Å²) in [4.78, 5) is 0. The molecule has 4 nitrogen and oxygen atoms in total. The molecule has 0 aromatic carbocycles. The van der Waals surface area contributed by atoms with Crippen molar-refractivity contribution in [3.63, 3.8) is 0 Å². The van der Waals surface area contributed by atoms with E-state index in [0.717, 1.165) is 12.2 Å². The summed E-state index contributed by atoms with van der Waals surface area (Å²) in [5, 5.41) is 2.06. The maximum atomic E-state index is 11.4. The van der Waals surface area contributed by atoms with E-state index in [1.165, 1.54) is 11.4 Å². The first kappa shape index (κ1) is 9.02. The Bertz CT molecular complexity index is 275. The van der Waals surface area contributed by atoms with Gasteiger partial charge >= 0.3 is 0 Å². The SMILES string of the molecule is CC(C)N1NNC2=C1CS(=O)CC2. The lowest BCUT2D eigenvalue weighted by atomic mass is 10.2. The van der Waals surface area contributed by atoms with E-state index in [9.17, 15) is 4.21 Å². The molecule has 2 heterocycles. The third kappa shape index (κ3) is 1.58. The van der Waals surface area contributed by atoms with Crippen LogP contribution < -0.4 is 11.0 Å². The predicted molar refractivity (Wildman–Crippen MR) is 52.8 cm³/mol. The van der Waals surface area contributed by atoms with Gasteiger partial charge in [0.2, 0.25) is 0 Å². The molecule has 0 amide bonds. The molecule has 2 aliphatic heterocycles. The predicted octanol–water partition coefficient (Wildman–Crippen LogP) is 0.0836. The first-order valence-electron chi connectivity index (χ1n) is 4.56. The summed E-state index contributed by atoms with van der Waals surface area (Å²) in [5.74, 6) is 1.48. The Balaban J connectivity index is 2.20. The molecule has 0 radical (unpaired) electrons. The molecule has 5 heteroatoms. The summed E-state index contributed by atoms with van der Waals surface area (Å²) in [6.07, 6.45) is 0.901. The van der Waals surface area contributed by atoms with Crippen LogP contribution in [0.1, 0.15) is 20.3 Å². The molecule has 0 bridgehead atoms. The molecule has 0 saturated carbocycles. The van der Waals surface area contributed by atoms with E-state index >= 15 is 0 Å². The molecule has 0 saturated heterocycles. The van der Waals surface area contributed by atoms with Crippen molar-refractivity contribution in [2.75, 3.05) is 11.5 Å². The molecule has 0 aromatic rings. The van der Waals surface area contributed by atoms with Crippen LogP contribution in [0.15, 0.2) is 11.4 Å². The van der Waals surface area contributed by atoms with Crippen LogP contribution in [0, 0.1) is 0 Å². The van der Waals surface area contributed by atoms with Crippen molar-refractivity contribution in [1.29, 1.82) is 0 Å². The van der Waals surface area contributed by atoms with Gasteiger partial charge in [-0.3, -0.25) is 9.22 Å². The van der Waals surface area contributed by atoms with Crippen LogP contribution in [-0.2, 0) is 10.8 Å². The lowest BCUT2D eigenvalue weighted by Gasteiger charge is -2.25. The van der Waals surface area contributed by atoms with Crippen molar-refractivity contribution in [3.05, 3.63) is 11.4 Å². The second-order valence-electron chi connectivity index (χ2n) is 3.66. The lowest BCUT2D eigenvalue weighted by molar-refractivity contribution is 0.203. The third-order valence-electron chi connectivity index (χ3n) is 2.36. The molecule has 74 valence electrons. The maximum absolute atomic E-state index is 11.4. The lowest BCUT2D eigenvalue weighted by Crippen LogP contribution is -2.42. The van der Waals surface area contributed by atoms with E-state index in [1.807, 2.05) is 0 Å². The first-order valence-corrected chi connectivity index (χ1v) is 6.05. The van der Waals surface area contributed by atoms with Crippen molar-refractivity contribution >= 4 is 10.8 Å². The van der Waals surface area contributed by atoms with E-state index in [2.05, 4.69) is 29.8 Å². The van der Waals surface area contributed by atoms with Crippen molar-refractivity contribution < 1.29 is 4.21 Å². The fourth-order valence-electron chi connectivity index (χ4n) is 1.66. The molecule has 2 rings (SSSR count). The Kier molecular flexibility index (Phi) is 2.29. The average Bonchev–Trinajstić information content (AvgIpc) is 2.46. The summed E-state index contributed by atoms with van der Waals surface area (Å²) >= 11 is 0. The van der Waals surface area contributed by atoms with E-state index in [4.69, 9.17) is 0 Å². The topological polar surface area (TPSA) is 44.4 Å². The zero-order valence-electron chi connectivity index (χ0n) is 7.96. The number of hydrazine groups is 2. The summed E-state index contributed by atoms with van der Waals surface area (Å²) in [7, 11) is -0.668. The summed E-state index contributed by atoms with van der Waals surface area (Å²) in [6.45, 7) is 4.23. The second-order valence-corrected chi connectivity index (χ2v) is 5.24. The van der Waals surface area contributed by atoms with Crippen LogP contribution in [0.5, 0.6) is 0 Å². The van der Waals surface area contributed by atoms with Gasteiger partial charge in [-0.25, -0.2) is 0 Å². The minimum Gasteiger partial charge on any atom is -0.306 e. The highest BCUT2D eigenvalue weighted by Crippen LogP contribution is 2.22. The summed E-state index contributed by atoms with van der Waals surface area (Å²) < 4.78 is 11.4. The molecule has 1 unspecified atom stereocenters. The number of rotatable bonds is 1. The third-order valence-corrected chi connectivity index (χ3v) is 3.62. The van der Waals surface area contributed by atoms with Gasteiger partial charge in [-0.2, -0.15) is 0 Å². The molecule has 0 aliphatic carbocycles. The van der Waals surface area contributed by atoms with Gasteiger partial charge in [0.1, 0.15) is 0 Å². The zero-order chi connectivity index (χ0) is 9.42. The molecule has 2 N–H and O–H groups in total. The minimum absolute atomic E-state index is 0.398. The summed E-state index contributed by atoms with van der Waals surface area (Å²) in [6, 6.07) is 0.398. The monoisotopic (exact) mass is 201 g/mol. The highest BCUT2D eigenvalue weighted by molar-refractivity contribution is 7.85. The maximum Gasteiger partial charge on any atom is 0.0668 e. The van der Waals surface area contributed by atoms with Crippen molar-refractivity contribution in [3.8, 4) is 0 Å². The van der Waals surface area contributed by atoms with Crippen LogP contribution in [0.4, 0.5) is 0 Å². The van der Waals surface area contributed by atoms with Gasteiger partial charge in [-0.15, -0.1) is 5.53 Å². The molecular formula is C8H15N3OS. The normalized spacial score (nSPS) is 27.9. The number of nitrogens with zero attached hydrogens (tertiary/aromatic N) is 1. The van der Waals surface area contributed by atoms with E-state index in [0.29, 0.717) is 11.8 Å². The van der Waals surface area contributed by atoms with Gasteiger partial charge in [0.25, 0.3) is 0 Å². The van der Waals surface area contributed by atoms with Gasteiger partial charge in [0.15, 0.2) is 0 Å². The second kappa shape index (κ2) is 3.31. The molecule has 1 atom stereocenters. The molecular weight excluding hydrogens is 186 g/mol. The molecule has 0 spiro atoms. The number of hydrogen-bond donors (Lipinski definition) is 2. The van der Waals surface area contributed by atoms with Crippen LogP contribution in [0.25, 0.3) is 0 Å².